The second-order valence-electron chi connectivity index (χ2n) is 1.67. The highest BCUT2D eigenvalue weighted by Gasteiger charge is 1.88. The van der Waals surface area contributed by atoms with Gasteiger partial charge in [-0.1, -0.05) is 11.6 Å². The lowest BCUT2D eigenvalue weighted by Crippen LogP contribution is -1.84. The third-order valence-electron chi connectivity index (χ3n) is 0.998. The van der Waals surface area contributed by atoms with Crippen molar-refractivity contribution >= 4 is 29.4 Å². The van der Waals surface area contributed by atoms with Crippen LogP contribution in [-0.2, 0) is 0 Å². The van der Waals surface area contributed by atoms with Gasteiger partial charge in [0.2, 0.25) is 0 Å². The number of rotatable bonds is 2. The van der Waals surface area contributed by atoms with Crippen molar-refractivity contribution in [2.75, 3.05) is 0 Å². The van der Waals surface area contributed by atoms with E-state index < -0.39 is 0 Å². The SMILES string of the molecule is S=COc1ccc(Cl)cc1. The fourth-order valence-corrected chi connectivity index (χ4v) is 0.806. The molecule has 0 aromatic heterocycles. The Labute approximate surface area is 69.6 Å². The maximum atomic E-state index is 5.62. The lowest BCUT2D eigenvalue weighted by Gasteiger charge is -1.96. The molecule has 1 aromatic carbocycles. The average molecular weight is 173 g/mol. The van der Waals surface area contributed by atoms with Gasteiger partial charge in [0, 0.05) is 5.02 Å². The van der Waals surface area contributed by atoms with E-state index in [-0.39, 0.29) is 0 Å². The number of thiocarbonyl (C=S) groups is 1. The largest absolute Gasteiger partial charge is 0.454 e. The van der Waals surface area contributed by atoms with Gasteiger partial charge in [-0.25, -0.2) is 0 Å². The van der Waals surface area contributed by atoms with Crippen molar-refractivity contribution in [2.45, 2.75) is 0 Å². The number of ether oxygens (including phenoxy) is 1. The summed E-state index contributed by atoms with van der Waals surface area (Å²) in [6.07, 6.45) is 0. The third kappa shape index (κ3) is 1.97. The molecule has 0 saturated carbocycles. The van der Waals surface area contributed by atoms with Crippen LogP contribution >= 0.6 is 23.8 Å². The summed E-state index contributed by atoms with van der Waals surface area (Å²) >= 11 is 10.1. The van der Waals surface area contributed by atoms with Crippen molar-refractivity contribution in [1.82, 2.24) is 0 Å². The molecule has 0 aliphatic carbocycles. The Morgan fingerprint density at radius 2 is 1.90 bits per heavy atom. The van der Waals surface area contributed by atoms with Gasteiger partial charge in [-0.3, -0.25) is 0 Å². The predicted octanol–water partition coefficient (Wildman–Crippen LogP) is 2.68. The minimum absolute atomic E-state index is 0.691. The zero-order chi connectivity index (χ0) is 7.40. The van der Waals surface area contributed by atoms with E-state index >= 15 is 0 Å². The lowest BCUT2D eigenvalue weighted by molar-refractivity contribution is 0.586. The van der Waals surface area contributed by atoms with E-state index in [1.54, 1.807) is 24.3 Å². The van der Waals surface area contributed by atoms with Crippen molar-refractivity contribution in [2.24, 2.45) is 0 Å². The van der Waals surface area contributed by atoms with Gasteiger partial charge in [0.05, 0.1) is 0 Å². The molecule has 0 amide bonds. The molecule has 3 heteroatoms. The molecular weight excluding hydrogens is 168 g/mol. The zero-order valence-corrected chi connectivity index (χ0v) is 6.65. The minimum Gasteiger partial charge on any atom is -0.454 e. The Balaban J connectivity index is 2.78. The van der Waals surface area contributed by atoms with Gasteiger partial charge in [0.15, 0.2) is 5.55 Å². The van der Waals surface area contributed by atoms with Crippen molar-refractivity contribution in [3.8, 4) is 5.75 Å². The highest BCUT2D eigenvalue weighted by molar-refractivity contribution is 7.78. The number of benzene rings is 1. The molecule has 0 aliphatic rings. The van der Waals surface area contributed by atoms with Crippen molar-refractivity contribution < 1.29 is 4.74 Å². The van der Waals surface area contributed by atoms with Crippen molar-refractivity contribution in [3.63, 3.8) is 0 Å². The number of hydrogen-bond acceptors (Lipinski definition) is 2. The lowest BCUT2D eigenvalue weighted by atomic mass is 10.3. The van der Waals surface area contributed by atoms with E-state index in [1.165, 1.54) is 5.55 Å². The second-order valence-corrected chi connectivity index (χ2v) is 2.30. The summed E-state index contributed by atoms with van der Waals surface area (Å²) in [6.45, 7) is 0. The molecule has 1 aromatic rings. The summed E-state index contributed by atoms with van der Waals surface area (Å²) in [7, 11) is 0. The first kappa shape index (κ1) is 7.51. The Bertz CT molecular complexity index is 220. The molecule has 1 rings (SSSR count). The van der Waals surface area contributed by atoms with Crippen LogP contribution in [0.4, 0.5) is 0 Å². The maximum absolute atomic E-state index is 5.62. The van der Waals surface area contributed by atoms with Crippen LogP contribution in [-0.4, -0.2) is 5.55 Å². The third-order valence-corrected chi connectivity index (χ3v) is 1.35. The van der Waals surface area contributed by atoms with Gasteiger partial charge in [0.25, 0.3) is 0 Å². The van der Waals surface area contributed by atoms with Gasteiger partial charge in [-0.05, 0) is 36.5 Å². The van der Waals surface area contributed by atoms with E-state index in [2.05, 4.69) is 12.2 Å². The highest BCUT2D eigenvalue weighted by Crippen LogP contribution is 2.14. The normalized spacial score (nSPS) is 8.90. The van der Waals surface area contributed by atoms with Crippen LogP contribution in [0.25, 0.3) is 0 Å². The van der Waals surface area contributed by atoms with Crippen LogP contribution in [0.15, 0.2) is 24.3 Å². The van der Waals surface area contributed by atoms with Crippen LogP contribution in [0.5, 0.6) is 5.75 Å². The summed E-state index contributed by atoms with van der Waals surface area (Å²) < 4.78 is 4.89. The van der Waals surface area contributed by atoms with Gasteiger partial charge >= 0.3 is 0 Å². The molecule has 1 nitrogen and oxygen atoms in total. The molecule has 0 aliphatic heterocycles. The standard InChI is InChI=1S/C7H5ClOS/c8-6-1-3-7(4-2-6)9-5-10/h1-5H. The summed E-state index contributed by atoms with van der Waals surface area (Å²) in [5.74, 6) is 0.708. The number of hydrogen-bond donors (Lipinski definition) is 0. The van der Waals surface area contributed by atoms with Crippen LogP contribution in [0, 0.1) is 0 Å². The van der Waals surface area contributed by atoms with E-state index in [0.717, 1.165) is 0 Å². The average Bonchev–Trinajstić information content (AvgIpc) is 1.95. The topological polar surface area (TPSA) is 9.23 Å². The first-order chi connectivity index (χ1) is 4.83. The quantitative estimate of drug-likeness (QED) is 0.635. The molecular formula is C7H5ClOS. The van der Waals surface area contributed by atoms with Crippen LogP contribution in [0.3, 0.4) is 0 Å². The van der Waals surface area contributed by atoms with Crippen LogP contribution in [0.1, 0.15) is 0 Å². The molecule has 0 bridgehead atoms. The van der Waals surface area contributed by atoms with Crippen LogP contribution < -0.4 is 4.74 Å². The molecule has 0 unspecified atom stereocenters. The second kappa shape index (κ2) is 3.54. The molecule has 0 N–H and O–H groups in total. The molecule has 0 spiro atoms. The maximum Gasteiger partial charge on any atom is 0.154 e. The highest BCUT2D eigenvalue weighted by atomic mass is 35.5. The molecule has 0 heterocycles. The first-order valence-corrected chi connectivity index (χ1v) is 3.54. The molecule has 52 valence electrons. The Morgan fingerprint density at radius 1 is 1.30 bits per heavy atom. The predicted molar refractivity (Wildman–Crippen MR) is 45.7 cm³/mol. The Hall–Kier alpha value is -0.600. The molecule has 0 fully saturated rings. The first-order valence-electron chi connectivity index (χ1n) is 2.69. The summed E-state index contributed by atoms with van der Waals surface area (Å²) in [6, 6.07) is 7.00. The summed E-state index contributed by atoms with van der Waals surface area (Å²) in [4.78, 5) is 0. The smallest absolute Gasteiger partial charge is 0.154 e. The van der Waals surface area contributed by atoms with E-state index in [1.807, 2.05) is 0 Å². The van der Waals surface area contributed by atoms with Crippen LogP contribution in [0.2, 0.25) is 5.02 Å². The fraction of sp³-hybridized carbons (Fsp3) is 0. The molecule has 0 atom stereocenters. The van der Waals surface area contributed by atoms with Crippen molar-refractivity contribution in [1.29, 1.82) is 0 Å². The van der Waals surface area contributed by atoms with Gasteiger partial charge < -0.3 is 4.74 Å². The Morgan fingerprint density at radius 3 is 2.40 bits per heavy atom. The zero-order valence-electron chi connectivity index (χ0n) is 5.08. The fourth-order valence-electron chi connectivity index (χ4n) is 0.569. The van der Waals surface area contributed by atoms with Gasteiger partial charge in [-0.2, -0.15) is 0 Å². The van der Waals surface area contributed by atoms with E-state index in [0.29, 0.717) is 10.8 Å². The van der Waals surface area contributed by atoms with E-state index in [9.17, 15) is 0 Å². The minimum atomic E-state index is 0.691. The Kier molecular flexibility index (Phi) is 2.66. The van der Waals surface area contributed by atoms with Gasteiger partial charge in [0.1, 0.15) is 5.75 Å². The van der Waals surface area contributed by atoms with Gasteiger partial charge in [-0.15, -0.1) is 0 Å². The summed E-state index contributed by atoms with van der Waals surface area (Å²) in [5, 5.41) is 0.691. The summed E-state index contributed by atoms with van der Waals surface area (Å²) in [5.41, 5.74) is 1.21. The van der Waals surface area contributed by atoms with E-state index in [4.69, 9.17) is 16.3 Å². The number of halogens is 1. The molecule has 0 saturated heterocycles. The van der Waals surface area contributed by atoms with Crippen molar-refractivity contribution in [3.05, 3.63) is 29.3 Å². The molecule has 10 heavy (non-hydrogen) atoms. The molecule has 0 radical (unpaired) electrons. The monoisotopic (exact) mass is 172 g/mol.